The van der Waals surface area contributed by atoms with Crippen LogP contribution in [0.3, 0.4) is 0 Å². The normalized spacial score (nSPS) is 28.6. The molecule has 0 radical (unpaired) electrons. The van der Waals surface area contributed by atoms with Gasteiger partial charge in [0.15, 0.2) is 0 Å². The number of pyridine rings is 1. The van der Waals surface area contributed by atoms with Crippen molar-refractivity contribution in [1.82, 2.24) is 4.98 Å². The third-order valence-electron chi connectivity index (χ3n) is 2.96. The Bertz CT molecular complexity index is 378. The Morgan fingerprint density at radius 1 is 1.50 bits per heavy atom. The second-order valence-corrected chi connectivity index (χ2v) is 4.04. The Kier molecular flexibility index (Phi) is 1.50. The molecule has 3 heterocycles. The van der Waals surface area contributed by atoms with Crippen LogP contribution in [0, 0.1) is 6.92 Å². The average molecular weight is 191 g/mol. The molecule has 2 N–H and O–H groups in total. The quantitative estimate of drug-likeness (QED) is 0.622. The summed E-state index contributed by atoms with van der Waals surface area (Å²) in [6.45, 7) is 3.58. The number of anilines is 2. The van der Waals surface area contributed by atoms with Crippen molar-refractivity contribution in [2.75, 3.05) is 23.3 Å². The monoisotopic (exact) mass is 191 g/mol. The molecule has 2 aliphatic heterocycles. The molecule has 0 aliphatic carbocycles. The molecule has 1 saturated heterocycles. The van der Waals surface area contributed by atoms with E-state index in [4.69, 9.17) is 0 Å². The molecule has 74 valence electrons. The van der Waals surface area contributed by atoms with Crippen LogP contribution in [-0.4, -0.2) is 35.3 Å². The maximum Gasteiger partial charge on any atom is 0.150 e. The lowest BCUT2D eigenvalue weighted by atomic mass is 10.2. The first kappa shape index (κ1) is 8.05. The van der Waals surface area contributed by atoms with Gasteiger partial charge in [-0.3, -0.25) is 0 Å². The van der Waals surface area contributed by atoms with Gasteiger partial charge in [-0.1, -0.05) is 0 Å². The molecular weight excluding hydrogens is 178 g/mol. The van der Waals surface area contributed by atoms with Gasteiger partial charge in [0.1, 0.15) is 5.82 Å². The molecule has 0 amide bonds. The molecule has 1 aromatic rings. The summed E-state index contributed by atoms with van der Waals surface area (Å²) in [7, 11) is 0. The predicted octanol–water partition coefficient (Wildman–Crippen LogP) is 0.365. The van der Waals surface area contributed by atoms with Crippen molar-refractivity contribution in [1.29, 1.82) is 0 Å². The lowest BCUT2D eigenvalue weighted by Gasteiger charge is -2.27. The molecule has 14 heavy (non-hydrogen) atoms. The number of nitrogens with zero attached hydrogens (tertiary/aromatic N) is 2. The topological polar surface area (TPSA) is 48.4 Å². The fourth-order valence-electron chi connectivity index (χ4n) is 2.21. The Balaban J connectivity index is 2.07. The Morgan fingerprint density at radius 3 is 3.21 bits per heavy atom. The Hall–Kier alpha value is -1.29. The van der Waals surface area contributed by atoms with Crippen LogP contribution < -0.4 is 10.2 Å². The van der Waals surface area contributed by atoms with E-state index in [-0.39, 0.29) is 12.1 Å². The standard InChI is InChI=1S/C10H13N3O/c1-6-2-3-8-10(11-6)12-7-4-13(8)5-9(7)14/h2-3,7,9,14H,4-5H2,1H3,(H,11,12)/t7-,9-/m1/s1. The van der Waals surface area contributed by atoms with Crippen LogP contribution in [0.25, 0.3) is 0 Å². The van der Waals surface area contributed by atoms with Crippen molar-refractivity contribution in [3.63, 3.8) is 0 Å². The summed E-state index contributed by atoms with van der Waals surface area (Å²) in [5, 5.41) is 13.0. The minimum absolute atomic E-state index is 0.150. The maximum absolute atomic E-state index is 9.71. The number of nitrogens with one attached hydrogen (secondary N) is 1. The molecule has 2 aliphatic rings. The van der Waals surface area contributed by atoms with E-state index >= 15 is 0 Å². The molecule has 0 saturated carbocycles. The Morgan fingerprint density at radius 2 is 2.36 bits per heavy atom. The summed E-state index contributed by atoms with van der Waals surface area (Å²) in [5.41, 5.74) is 2.12. The molecule has 0 spiro atoms. The highest BCUT2D eigenvalue weighted by atomic mass is 16.3. The Labute approximate surface area is 82.6 Å². The summed E-state index contributed by atoms with van der Waals surface area (Å²) in [4.78, 5) is 6.61. The summed E-state index contributed by atoms with van der Waals surface area (Å²) in [5.74, 6) is 0.915. The predicted molar refractivity (Wildman–Crippen MR) is 54.6 cm³/mol. The number of fused-ring (bicyclic) bond motifs is 4. The third kappa shape index (κ3) is 1.00. The smallest absolute Gasteiger partial charge is 0.150 e. The van der Waals surface area contributed by atoms with Crippen LogP contribution in [0.15, 0.2) is 12.1 Å². The lowest BCUT2D eigenvalue weighted by Crippen LogP contribution is -2.35. The van der Waals surface area contributed by atoms with Crippen LogP contribution >= 0.6 is 0 Å². The highest BCUT2D eigenvalue weighted by Gasteiger charge is 2.37. The fraction of sp³-hybridized carbons (Fsp3) is 0.500. The molecular formula is C10H13N3O. The molecule has 1 fully saturated rings. The van der Waals surface area contributed by atoms with Crippen molar-refractivity contribution in [2.45, 2.75) is 19.1 Å². The van der Waals surface area contributed by atoms with E-state index in [0.717, 1.165) is 30.3 Å². The molecule has 2 atom stereocenters. The van der Waals surface area contributed by atoms with Gasteiger partial charge in [-0.15, -0.1) is 0 Å². The van der Waals surface area contributed by atoms with E-state index in [1.54, 1.807) is 0 Å². The minimum Gasteiger partial charge on any atom is -0.389 e. The van der Waals surface area contributed by atoms with Gasteiger partial charge in [-0.25, -0.2) is 4.98 Å². The van der Waals surface area contributed by atoms with Crippen LogP contribution in [0.2, 0.25) is 0 Å². The summed E-state index contributed by atoms with van der Waals surface area (Å²) < 4.78 is 0. The molecule has 1 aromatic heterocycles. The first-order valence-corrected chi connectivity index (χ1v) is 4.91. The van der Waals surface area contributed by atoms with Gasteiger partial charge < -0.3 is 15.3 Å². The van der Waals surface area contributed by atoms with Crippen LogP contribution in [0.4, 0.5) is 11.5 Å². The lowest BCUT2D eigenvalue weighted by molar-refractivity contribution is 0.187. The first-order chi connectivity index (χ1) is 6.74. The van der Waals surface area contributed by atoms with E-state index in [1.165, 1.54) is 0 Å². The van der Waals surface area contributed by atoms with Crippen molar-refractivity contribution >= 4 is 11.5 Å². The zero-order chi connectivity index (χ0) is 9.71. The highest BCUT2D eigenvalue weighted by Crippen LogP contribution is 2.33. The van der Waals surface area contributed by atoms with Gasteiger partial charge in [0.05, 0.1) is 17.8 Å². The third-order valence-corrected chi connectivity index (χ3v) is 2.96. The summed E-state index contributed by atoms with van der Waals surface area (Å²) in [6.07, 6.45) is -0.274. The highest BCUT2D eigenvalue weighted by molar-refractivity contribution is 5.70. The van der Waals surface area contributed by atoms with Crippen LogP contribution in [0.5, 0.6) is 0 Å². The SMILES string of the molecule is Cc1ccc2c(n1)N[C@@H]1CN2C[C@H]1O. The van der Waals surface area contributed by atoms with Gasteiger partial charge in [-0.2, -0.15) is 0 Å². The van der Waals surface area contributed by atoms with E-state index in [2.05, 4.69) is 21.3 Å². The molecule has 4 heteroatoms. The number of aromatic nitrogens is 1. The zero-order valence-corrected chi connectivity index (χ0v) is 8.07. The second kappa shape index (κ2) is 2.60. The number of aryl methyl sites for hydroxylation is 1. The van der Waals surface area contributed by atoms with Gasteiger partial charge in [0.25, 0.3) is 0 Å². The molecule has 0 unspecified atom stereocenters. The van der Waals surface area contributed by atoms with E-state index in [1.807, 2.05) is 13.0 Å². The summed E-state index contributed by atoms with van der Waals surface area (Å²) >= 11 is 0. The number of hydrogen-bond donors (Lipinski definition) is 2. The number of hydrogen-bond acceptors (Lipinski definition) is 4. The average Bonchev–Trinajstić information content (AvgIpc) is 2.43. The molecule has 4 nitrogen and oxygen atoms in total. The van der Waals surface area contributed by atoms with Crippen molar-refractivity contribution < 1.29 is 5.11 Å². The number of aliphatic hydroxyl groups is 1. The van der Waals surface area contributed by atoms with Crippen molar-refractivity contribution in [3.8, 4) is 0 Å². The van der Waals surface area contributed by atoms with Crippen molar-refractivity contribution in [3.05, 3.63) is 17.8 Å². The molecule has 3 rings (SSSR count). The van der Waals surface area contributed by atoms with Gasteiger partial charge in [-0.05, 0) is 19.1 Å². The maximum atomic E-state index is 9.71. The zero-order valence-electron chi connectivity index (χ0n) is 8.07. The minimum atomic E-state index is -0.274. The fourth-order valence-corrected chi connectivity index (χ4v) is 2.21. The van der Waals surface area contributed by atoms with E-state index in [9.17, 15) is 5.11 Å². The largest absolute Gasteiger partial charge is 0.389 e. The first-order valence-electron chi connectivity index (χ1n) is 4.91. The van der Waals surface area contributed by atoms with Gasteiger partial charge >= 0.3 is 0 Å². The molecule has 2 bridgehead atoms. The molecule has 0 aromatic carbocycles. The van der Waals surface area contributed by atoms with E-state index in [0.29, 0.717) is 0 Å². The van der Waals surface area contributed by atoms with Crippen LogP contribution in [0.1, 0.15) is 5.69 Å². The van der Waals surface area contributed by atoms with Crippen LogP contribution in [-0.2, 0) is 0 Å². The van der Waals surface area contributed by atoms with Gasteiger partial charge in [0, 0.05) is 18.8 Å². The van der Waals surface area contributed by atoms with Crippen molar-refractivity contribution in [2.24, 2.45) is 0 Å². The second-order valence-electron chi connectivity index (χ2n) is 4.04. The number of rotatable bonds is 0. The number of aliphatic hydroxyl groups excluding tert-OH is 1. The van der Waals surface area contributed by atoms with Gasteiger partial charge in [0.2, 0.25) is 0 Å². The summed E-state index contributed by atoms with van der Waals surface area (Å²) in [6, 6.07) is 4.22. The van der Waals surface area contributed by atoms with E-state index < -0.39 is 0 Å².